The topological polar surface area (TPSA) is 81.4 Å². The number of aliphatic hydroxyl groups excluding tert-OH is 1. The predicted octanol–water partition coefficient (Wildman–Crippen LogP) is 1.75. The summed E-state index contributed by atoms with van der Waals surface area (Å²) in [5.41, 5.74) is 0.666. The summed E-state index contributed by atoms with van der Waals surface area (Å²) in [6, 6.07) is 7.54. The number of fused-ring (bicyclic) bond motifs is 1. The Bertz CT molecular complexity index is 783. The predicted molar refractivity (Wildman–Crippen MR) is 87.6 cm³/mol. The monoisotopic (exact) mass is 334 g/mol. The SMILES string of the molecule is C[C@@H](O)C(=O)OCCSc1nc2ccccc2c(=O)n1C1CC1. The normalized spacial score (nSPS) is 15.6. The average molecular weight is 334 g/mol. The fourth-order valence-corrected chi connectivity index (χ4v) is 3.16. The number of aliphatic hydroxyl groups is 1. The van der Waals surface area contributed by atoms with Gasteiger partial charge < -0.3 is 9.84 Å². The number of esters is 1. The van der Waals surface area contributed by atoms with Gasteiger partial charge in [-0.15, -0.1) is 0 Å². The molecule has 23 heavy (non-hydrogen) atoms. The number of carbonyl (C=O) groups is 1. The van der Waals surface area contributed by atoms with E-state index in [0.717, 1.165) is 12.8 Å². The van der Waals surface area contributed by atoms with Gasteiger partial charge in [0.25, 0.3) is 5.56 Å². The molecule has 3 rings (SSSR count). The standard InChI is InChI=1S/C16H18N2O4S/c1-10(19)15(21)22-8-9-23-16-17-13-5-3-2-4-12(13)14(20)18(16)11-6-7-11/h2-5,10-11,19H,6-9H2,1H3/t10-/m1/s1. The van der Waals surface area contributed by atoms with E-state index < -0.39 is 12.1 Å². The van der Waals surface area contributed by atoms with Crippen molar-refractivity contribution in [2.75, 3.05) is 12.4 Å². The zero-order valence-corrected chi connectivity index (χ0v) is 13.6. The van der Waals surface area contributed by atoms with E-state index in [4.69, 9.17) is 9.84 Å². The maximum Gasteiger partial charge on any atom is 0.334 e. The highest BCUT2D eigenvalue weighted by Crippen LogP contribution is 2.36. The van der Waals surface area contributed by atoms with Gasteiger partial charge in [0.1, 0.15) is 12.7 Å². The Kier molecular flexibility index (Phi) is 4.68. The van der Waals surface area contributed by atoms with Crippen LogP contribution in [0.4, 0.5) is 0 Å². The molecule has 1 N–H and O–H groups in total. The number of benzene rings is 1. The number of rotatable bonds is 6. The molecule has 1 aliphatic rings. The summed E-state index contributed by atoms with van der Waals surface area (Å²) < 4.78 is 6.69. The van der Waals surface area contributed by atoms with E-state index in [9.17, 15) is 9.59 Å². The van der Waals surface area contributed by atoms with Crippen LogP contribution in [-0.4, -0.2) is 39.1 Å². The fourth-order valence-electron chi connectivity index (χ4n) is 2.28. The molecular weight excluding hydrogens is 316 g/mol. The van der Waals surface area contributed by atoms with Crippen molar-refractivity contribution in [3.05, 3.63) is 34.6 Å². The van der Waals surface area contributed by atoms with Crippen molar-refractivity contribution in [3.8, 4) is 0 Å². The molecule has 6 nitrogen and oxygen atoms in total. The molecule has 2 aromatic rings. The van der Waals surface area contributed by atoms with Crippen LogP contribution in [0.15, 0.2) is 34.2 Å². The molecule has 0 aliphatic heterocycles. The van der Waals surface area contributed by atoms with Crippen LogP contribution in [0.1, 0.15) is 25.8 Å². The van der Waals surface area contributed by atoms with Gasteiger partial charge in [0.2, 0.25) is 0 Å². The highest BCUT2D eigenvalue weighted by atomic mass is 32.2. The summed E-state index contributed by atoms with van der Waals surface area (Å²) in [5.74, 6) is -0.160. The summed E-state index contributed by atoms with van der Waals surface area (Å²) in [6.45, 7) is 1.53. The molecule has 0 bridgehead atoms. The van der Waals surface area contributed by atoms with Gasteiger partial charge in [0.15, 0.2) is 5.16 Å². The molecule has 1 aromatic heterocycles. The Morgan fingerprint density at radius 1 is 1.48 bits per heavy atom. The summed E-state index contributed by atoms with van der Waals surface area (Å²) in [4.78, 5) is 28.5. The molecule has 1 aromatic carbocycles. The molecule has 1 heterocycles. The highest BCUT2D eigenvalue weighted by molar-refractivity contribution is 7.99. The number of aromatic nitrogens is 2. The fraction of sp³-hybridized carbons (Fsp3) is 0.438. The molecule has 122 valence electrons. The lowest BCUT2D eigenvalue weighted by Gasteiger charge is -2.12. The lowest BCUT2D eigenvalue weighted by atomic mass is 10.2. The summed E-state index contributed by atoms with van der Waals surface area (Å²) in [5, 5.41) is 10.4. The number of para-hydroxylation sites is 1. The molecule has 0 spiro atoms. The van der Waals surface area contributed by atoms with Gasteiger partial charge in [-0.1, -0.05) is 23.9 Å². The maximum absolute atomic E-state index is 12.7. The molecule has 1 aliphatic carbocycles. The molecule has 1 fully saturated rings. The average Bonchev–Trinajstić information content (AvgIpc) is 3.36. The van der Waals surface area contributed by atoms with Crippen LogP contribution in [0.25, 0.3) is 10.9 Å². The van der Waals surface area contributed by atoms with Crippen LogP contribution in [0, 0.1) is 0 Å². The summed E-state index contributed by atoms with van der Waals surface area (Å²) in [6.07, 6.45) is 0.859. The molecule has 0 amide bonds. The number of hydrogen-bond acceptors (Lipinski definition) is 6. The molecule has 7 heteroatoms. The van der Waals surface area contributed by atoms with Gasteiger partial charge in [0, 0.05) is 11.8 Å². The first-order chi connectivity index (χ1) is 11.1. The van der Waals surface area contributed by atoms with Crippen LogP contribution < -0.4 is 5.56 Å². The second kappa shape index (κ2) is 6.72. The van der Waals surface area contributed by atoms with Crippen LogP contribution in [0.5, 0.6) is 0 Å². The Morgan fingerprint density at radius 2 is 2.22 bits per heavy atom. The second-order valence-electron chi connectivity index (χ2n) is 5.51. The van der Waals surface area contributed by atoms with Crippen molar-refractivity contribution in [1.82, 2.24) is 9.55 Å². The van der Waals surface area contributed by atoms with Crippen molar-refractivity contribution >= 4 is 28.6 Å². The third-order valence-electron chi connectivity index (χ3n) is 3.59. The van der Waals surface area contributed by atoms with Crippen LogP contribution in [0.3, 0.4) is 0 Å². The van der Waals surface area contributed by atoms with Crippen LogP contribution in [-0.2, 0) is 9.53 Å². The summed E-state index contributed by atoms with van der Waals surface area (Å²) >= 11 is 1.39. The molecule has 1 atom stereocenters. The van der Waals surface area contributed by atoms with Crippen molar-refractivity contribution in [2.45, 2.75) is 37.1 Å². The molecule has 0 radical (unpaired) electrons. The van der Waals surface area contributed by atoms with Gasteiger partial charge in [-0.3, -0.25) is 9.36 Å². The van der Waals surface area contributed by atoms with E-state index in [2.05, 4.69) is 4.98 Å². The highest BCUT2D eigenvalue weighted by Gasteiger charge is 2.28. The summed E-state index contributed by atoms with van der Waals surface area (Å²) in [7, 11) is 0. The van der Waals surface area contributed by atoms with E-state index in [-0.39, 0.29) is 18.2 Å². The van der Waals surface area contributed by atoms with E-state index in [1.54, 1.807) is 10.6 Å². The Morgan fingerprint density at radius 3 is 2.91 bits per heavy atom. The van der Waals surface area contributed by atoms with Gasteiger partial charge in [-0.25, -0.2) is 9.78 Å². The zero-order valence-electron chi connectivity index (χ0n) is 12.8. The van der Waals surface area contributed by atoms with Gasteiger partial charge in [-0.2, -0.15) is 0 Å². The minimum Gasteiger partial charge on any atom is -0.463 e. The Balaban J connectivity index is 1.78. The number of carbonyl (C=O) groups excluding carboxylic acids is 1. The van der Waals surface area contributed by atoms with Gasteiger partial charge >= 0.3 is 5.97 Å². The molecule has 0 unspecified atom stereocenters. The van der Waals surface area contributed by atoms with Gasteiger partial charge in [-0.05, 0) is 31.9 Å². The Labute approximate surface area is 137 Å². The molecular formula is C16H18N2O4S. The van der Waals surface area contributed by atoms with E-state index in [1.165, 1.54) is 18.7 Å². The number of thioether (sulfide) groups is 1. The first kappa shape index (κ1) is 16.0. The number of hydrogen-bond donors (Lipinski definition) is 1. The van der Waals surface area contributed by atoms with Crippen LogP contribution >= 0.6 is 11.8 Å². The first-order valence-electron chi connectivity index (χ1n) is 7.56. The lowest BCUT2D eigenvalue weighted by molar-refractivity contribution is -0.151. The minimum absolute atomic E-state index is 0.0124. The third kappa shape index (κ3) is 3.56. The van der Waals surface area contributed by atoms with E-state index >= 15 is 0 Å². The van der Waals surface area contributed by atoms with E-state index in [1.807, 2.05) is 18.2 Å². The van der Waals surface area contributed by atoms with Crippen molar-refractivity contribution in [2.24, 2.45) is 0 Å². The Hall–Kier alpha value is -1.86. The maximum atomic E-state index is 12.7. The van der Waals surface area contributed by atoms with Crippen molar-refractivity contribution in [1.29, 1.82) is 0 Å². The largest absolute Gasteiger partial charge is 0.463 e. The minimum atomic E-state index is -1.12. The quantitative estimate of drug-likeness (QED) is 0.375. The molecule has 1 saturated carbocycles. The van der Waals surface area contributed by atoms with Crippen LogP contribution in [0.2, 0.25) is 0 Å². The second-order valence-corrected chi connectivity index (χ2v) is 6.57. The molecule has 0 saturated heterocycles. The zero-order chi connectivity index (χ0) is 16.4. The van der Waals surface area contributed by atoms with Crippen molar-refractivity contribution < 1.29 is 14.6 Å². The number of nitrogens with zero attached hydrogens (tertiary/aromatic N) is 2. The number of ether oxygens (including phenoxy) is 1. The third-order valence-corrected chi connectivity index (χ3v) is 4.50. The smallest absolute Gasteiger partial charge is 0.334 e. The van der Waals surface area contributed by atoms with Crippen molar-refractivity contribution in [3.63, 3.8) is 0 Å². The lowest BCUT2D eigenvalue weighted by Crippen LogP contribution is -2.23. The van der Waals surface area contributed by atoms with E-state index in [0.29, 0.717) is 21.8 Å². The first-order valence-corrected chi connectivity index (χ1v) is 8.55. The van der Waals surface area contributed by atoms with Gasteiger partial charge in [0.05, 0.1) is 10.9 Å².